The van der Waals surface area contributed by atoms with Crippen LogP contribution >= 0.6 is 0 Å². The van der Waals surface area contributed by atoms with Gasteiger partial charge in [0.25, 0.3) is 0 Å². The van der Waals surface area contributed by atoms with E-state index >= 15 is 0 Å². The van der Waals surface area contributed by atoms with E-state index in [9.17, 15) is 14.7 Å². The lowest BCUT2D eigenvalue weighted by Crippen LogP contribution is -2.47. The van der Waals surface area contributed by atoms with Gasteiger partial charge in [-0.3, -0.25) is 0 Å². The van der Waals surface area contributed by atoms with Crippen LogP contribution in [0.15, 0.2) is 12.7 Å². The fourth-order valence-corrected chi connectivity index (χ4v) is 1.72. The summed E-state index contributed by atoms with van der Waals surface area (Å²) in [5.74, 6) is -1.45. The van der Waals surface area contributed by atoms with Gasteiger partial charge >= 0.3 is 12.1 Å². The Hall–Kier alpha value is -1.56. The van der Waals surface area contributed by atoms with E-state index in [0.29, 0.717) is 0 Å². The molecule has 1 amide bonds. The van der Waals surface area contributed by atoms with Crippen LogP contribution in [0.3, 0.4) is 0 Å². The summed E-state index contributed by atoms with van der Waals surface area (Å²) in [5, 5.41) is 12.7. The van der Waals surface area contributed by atoms with Gasteiger partial charge in [0.2, 0.25) is 0 Å². The number of rotatable bonds is 5. The fourth-order valence-electron chi connectivity index (χ4n) is 1.72. The summed E-state index contributed by atoms with van der Waals surface area (Å²) in [7, 11) is 0. The second kappa shape index (κ2) is 7.63. The van der Waals surface area contributed by atoms with Crippen molar-refractivity contribution in [3.05, 3.63) is 12.7 Å². The number of esters is 1. The second-order valence-electron chi connectivity index (χ2n) is 7.23. The van der Waals surface area contributed by atoms with Gasteiger partial charge in [-0.1, -0.05) is 6.08 Å². The molecule has 0 aromatic carbocycles. The lowest BCUT2D eigenvalue weighted by atomic mass is 9.94. The smallest absolute Gasteiger partial charge is 0.407 e. The number of alkyl carbamates (subject to hydrolysis) is 1. The Kier molecular flexibility index (Phi) is 7.09. The number of aliphatic hydroxyl groups excluding tert-OH is 1. The van der Waals surface area contributed by atoms with Crippen LogP contribution < -0.4 is 5.32 Å². The summed E-state index contributed by atoms with van der Waals surface area (Å²) < 4.78 is 10.3. The van der Waals surface area contributed by atoms with Crippen molar-refractivity contribution in [2.24, 2.45) is 5.92 Å². The summed E-state index contributed by atoms with van der Waals surface area (Å²) in [6, 6.07) is -0.546. The van der Waals surface area contributed by atoms with Gasteiger partial charge in [0.05, 0.1) is 0 Å². The van der Waals surface area contributed by atoms with E-state index in [0.717, 1.165) is 0 Å². The minimum Gasteiger partial charge on any atom is -0.458 e. The van der Waals surface area contributed by atoms with Gasteiger partial charge in [-0.05, 0) is 48.5 Å². The molecule has 0 aliphatic rings. The van der Waals surface area contributed by atoms with Crippen LogP contribution in [-0.2, 0) is 14.3 Å². The third-order valence-corrected chi connectivity index (χ3v) is 2.61. The molecule has 0 aromatic heterocycles. The van der Waals surface area contributed by atoms with Crippen molar-refractivity contribution in [2.75, 3.05) is 0 Å². The molecule has 0 bridgehead atoms. The fraction of sp³-hybridized carbons (Fsp3) is 0.750. The third kappa shape index (κ3) is 8.02. The van der Waals surface area contributed by atoms with Gasteiger partial charge < -0.3 is 19.9 Å². The van der Waals surface area contributed by atoms with Crippen molar-refractivity contribution in [3.8, 4) is 0 Å². The Morgan fingerprint density at radius 3 is 1.91 bits per heavy atom. The summed E-state index contributed by atoms with van der Waals surface area (Å²) in [4.78, 5) is 23.7. The summed E-state index contributed by atoms with van der Waals surface area (Å²) >= 11 is 0. The average Bonchev–Trinajstić information content (AvgIpc) is 2.24. The number of carbonyl (C=O) groups is 2. The topological polar surface area (TPSA) is 84.9 Å². The van der Waals surface area contributed by atoms with Gasteiger partial charge in [0.1, 0.15) is 11.2 Å². The molecule has 0 aromatic rings. The molecule has 6 heteroatoms. The first-order valence-electron chi connectivity index (χ1n) is 7.30. The van der Waals surface area contributed by atoms with Crippen LogP contribution in [0.4, 0.5) is 4.79 Å². The summed E-state index contributed by atoms with van der Waals surface area (Å²) in [6.07, 6.45) is -0.624. The zero-order chi connectivity index (χ0) is 17.7. The molecular weight excluding hydrogens is 286 g/mol. The third-order valence-electron chi connectivity index (χ3n) is 2.61. The number of hydrogen-bond acceptors (Lipinski definition) is 5. The van der Waals surface area contributed by atoms with E-state index in [1.807, 2.05) is 0 Å². The number of nitrogens with one attached hydrogen (secondary N) is 1. The molecule has 0 aliphatic carbocycles. The molecule has 22 heavy (non-hydrogen) atoms. The molecule has 0 spiro atoms. The maximum Gasteiger partial charge on any atom is 0.407 e. The van der Waals surface area contributed by atoms with Crippen molar-refractivity contribution in [1.82, 2.24) is 5.32 Å². The van der Waals surface area contributed by atoms with E-state index < -0.39 is 41.3 Å². The molecule has 3 atom stereocenters. The van der Waals surface area contributed by atoms with Crippen LogP contribution in [0.25, 0.3) is 0 Å². The van der Waals surface area contributed by atoms with Crippen LogP contribution in [0.1, 0.15) is 48.5 Å². The first kappa shape index (κ1) is 20.4. The van der Waals surface area contributed by atoms with Gasteiger partial charge in [0.15, 0.2) is 6.10 Å². The predicted molar refractivity (Wildman–Crippen MR) is 84.4 cm³/mol. The molecule has 0 aliphatic heterocycles. The van der Waals surface area contributed by atoms with E-state index in [4.69, 9.17) is 9.47 Å². The van der Waals surface area contributed by atoms with Gasteiger partial charge in [-0.15, -0.1) is 6.58 Å². The molecule has 0 saturated heterocycles. The van der Waals surface area contributed by atoms with E-state index in [1.54, 1.807) is 48.5 Å². The second-order valence-corrected chi connectivity index (χ2v) is 7.23. The van der Waals surface area contributed by atoms with E-state index in [-0.39, 0.29) is 0 Å². The minimum atomic E-state index is -1.42. The van der Waals surface area contributed by atoms with Crippen LogP contribution in [0.2, 0.25) is 0 Å². The highest BCUT2D eigenvalue weighted by Crippen LogP contribution is 2.17. The van der Waals surface area contributed by atoms with Crippen molar-refractivity contribution < 1.29 is 24.2 Å². The van der Waals surface area contributed by atoms with Gasteiger partial charge in [0, 0.05) is 12.0 Å². The van der Waals surface area contributed by atoms with Crippen molar-refractivity contribution in [2.45, 2.75) is 71.8 Å². The number of ether oxygens (including phenoxy) is 2. The summed E-state index contributed by atoms with van der Waals surface area (Å²) in [6.45, 7) is 15.6. The van der Waals surface area contributed by atoms with Gasteiger partial charge in [-0.2, -0.15) is 0 Å². The Bertz CT molecular complexity index is 406. The monoisotopic (exact) mass is 315 g/mol. The molecule has 0 saturated carbocycles. The largest absolute Gasteiger partial charge is 0.458 e. The molecule has 128 valence electrons. The summed E-state index contributed by atoms with van der Waals surface area (Å²) in [5.41, 5.74) is -1.33. The zero-order valence-corrected chi connectivity index (χ0v) is 14.6. The molecule has 0 radical (unpaired) electrons. The Balaban J connectivity index is 4.77. The number of aliphatic hydroxyl groups is 1. The lowest BCUT2D eigenvalue weighted by Gasteiger charge is -2.29. The molecule has 6 nitrogen and oxygen atoms in total. The standard InChI is InChI=1S/C16H29NO5/c1-9-11(12(18)13(19)21-15(3,4)5)10(2)17-14(20)22-16(6,7)8/h9-12,18H,1H2,2-8H3,(H,17,20)/t10-,11+,12+/m0/s1. The first-order chi connectivity index (χ1) is 9.76. The first-order valence-corrected chi connectivity index (χ1v) is 7.30. The Morgan fingerprint density at radius 1 is 1.09 bits per heavy atom. The van der Waals surface area contributed by atoms with Crippen LogP contribution in [0, 0.1) is 5.92 Å². The highest BCUT2D eigenvalue weighted by molar-refractivity contribution is 5.76. The van der Waals surface area contributed by atoms with E-state index in [2.05, 4.69) is 11.9 Å². The predicted octanol–water partition coefficient (Wildman–Crippen LogP) is 2.40. The maximum atomic E-state index is 11.9. The van der Waals surface area contributed by atoms with E-state index in [1.165, 1.54) is 6.08 Å². The Morgan fingerprint density at radius 2 is 1.55 bits per heavy atom. The number of carbonyl (C=O) groups excluding carboxylic acids is 2. The molecular formula is C16H29NO5. The molecule has 0 heterocycles. The SMILES string of the molecule is C=C[C@H]([C@H](C)NC(=O)OC(C)(C)C)[C@@H](O)C(=O)OC(C)(C)C. The molecule has 0 fully saturated rings. The average molecular weight is 315 g/mol. The van der Waals surface area contributed by atoms with Gasteiger partial charge in [-0.25, -0.2) is 9.59 Å². The quantitative estimate of drug-likeness (QED) is 0.601. The molecule has 0 rings (SSSR count). The van der Waals surface area contributed by atoms with Crippen molar-refractivity contribution in [3.63, 3.8) is 0 Å². The number of hydrogen-bond donors (Lipinski definition) is 2. The molecule has 0 unspecified atom stereocenters. The highest BCUT2D eigenvalue weighted by Gasteiger charge is 2.33. The molecule has 2 N–H and O–H groups in total. The maximum absolute atomic E-state index is 11.9. The lowest BCUT2D eigenvalue weighted by molar-refractivity contribution is -0.167. The highest BCUT2D eigenvalue weighted by atomic mass is 16.6. The Labute approximate surface area is 132 Å². The normalized spacial score (nSPS) is 16.2. The number of amides is 1. The van der Waals surface area contributed by atoms with Crippen molar-refractivity contribution >= 4 is 12.1 Å². The van der Waals surface area contributed by atoms with Crippen LogP contribution in [-0.4, -0.2) is 40.5 Å². The van der Waals surface area contributed by atoms with Crippen molar-refractivity contribution in [1.29, 1.82) is 0 Å². The minimum absolute atomic E-state index is 0.546. The zero-order valence-electron chi connectivity index (χ0n) is 14.6. The van der Waals surface area contributed by atoms with Crippen LogP contribution in [0.5, 0.6) is 0 Å².